The van der Waals surface area contributed by atoms with Crippen molar-refractivity contribution in [3.8, 4) is 0 Å². The number of aromatic nitrogens is 1. The van der Waals surface area contributed by atoms with E-state index in [1.165, 1.54) is 16.9 Å². The molecule has 0 saturated heterocycles. The molecule has 0 atom stereocenters. The van der Waals surface area contributed by atoms with Crippen LogP contribution in [0.5, 0.6) is 0 Å². The third kappa shape index (κ3) is 3.85. The maximum Gasteiger partial charge on any atom is 0.261 e. The summed E-state index contributed by atoms with van der Waals surface area (Å²) >= 11 is 1.49. The van der Waals surface area contributed by atoms with Gasteiger partial charge in [-0.1, -0.05) is 6.08 Å². The van der Waals surface area contributed by atoms with E-state index in [0.717, 1.165) is 33.0 Å². The highest BCUT2D eigenvalue weighted by molar-refractivity contribution is 7.13. The number of fused-ring (bicyclic) bond motifs is 1. The predicted molar refractivity (Wildman–Crippen MR) is 103 cm³/mol. The van der Waals surface area contributed by atoms with Gasteiger partial charge in [0, 0.05) is 42.8 Å². The van der Waals surface area contributed by atoms with Crippen molar-refractivity contribution in [1.82, 2.24) is 15.2 Å². The van der Waals surface area contributed by atoms with Crippen LogP contribution in [-0.4, -0.2) is 28.2 Å². The van der Waals surface area contributed by atoms with E-state index >= 15 is 0 Å². The maximum atomic E-state index is 12.3. The Morgan fingerprint density at radius 3 is 2.88 bits per heavy atom. The summed E-state index contributed by atoms with van der Waals surface area (Å²) in [5.41, 5.74) is 4.27. The molecule has 2 amide bonds. The summed E-state index contributed by atoms with van der Waals surface area (Å²) in [5.74, 6) is 0.0350. The summed E-state index contributed by atoms with van der Waals surface area (Å²) in [7, 11) is 0. The molecule has 26 heavy (non-hydrogen) atoms. The fraction of sp³-hybridized carbons (Fsp3) is 0.350. The molecule has 0 aromatic carbocycles. The standard InChI is InChI=1S/C20H23N3O2S/c1-4-5-19(24)23-9-8-16-15(12-23)10-21-14(3)17(16)11-22-20(25)18-7-6-13(2)26-18/h4,6-7,10H,1,5,8-9,11-12H2,2-3H3,(H,22,25). The summed E-state index contributed by atoms with van der Waals surface area (Å²) in [4.78, 5) is 32.6. The van der Waals surface area contributed by atoms with Gasteiger partial charge in [0.05, 0.1) is 4.88 Å². The number of nitrogens with zero attached hydrogens (tertiary/aromatic N) is 2. The van der Waals surface area contributed by atoms with E-state index in [-0.39, 0.29) is 11.8 Å². The lowest BCUT2D eigenvalue weighted by molar-refractivity contribution is -0.131. The van der Waals surface area contributed by atoms with Crippen molar-refractivity contribution in [1.29, 1.82) is 0 Å². The van der Waals surface area contributed by atoms with Crippen LogP contribution < -0.4 is 5.32 Å². The SMILES string of the molecule is C=CCC(=O)N1CCc2c(cnc(C)c2CNC(=O)c2ccc(C)s2)C1. The quantitative estimate of drug-likeness (QED) is 0.824. The Labute approximate surface area is 157 Å². The van der Waals surface area contributed by atoms with Crippen LogP contribution in [0, 0.1) is 13.8 Å². The molecule has 0 bridgehead atoms. The first-order chi connectivity index (χ1) is 12.5. The van der Waals surface area contributed by atoms with Crippen LogP contribution in [0.15, 0.2) is 31.0 Å². The van der Waals surface area contributed by atoms with Crippen LogP contribution in [0.3, 0.4) is 0 Å². The van der Waals surface area contributed by atoms with E-state index in [2.05, 4.69) is 16.9 Å². The monoisotopic (exact) mass is 369 g/mol. The van der Waals surface area contributed by atoms with Gasteiger partial charge in [0.25, 0.3) is 5.91 Å². The smallest absolute Gasteiger partial charge is 0.261 e. The van der Waals surface area contributed by atoms with Crippen molar-refractivity contribution in [2.75, 3.05) is 6.54 Å². The van der Waals surface area contributed by atoms with Crippen LogP contribution in [-0.2, 0) is 24.3 Å². The van der Waals surface area contributed by atoms with Gasteiger partial charge >= 0.3 is 0 Å². The second kappa shape index (κ2) is 7.83. The minimum Gasteiger partial charge on any atom is -0.347 e. The Hall–Kier alpha value is -2.47. The lowest BCUT2D eigenvalue weighted by atomic mass is 9.94. The average molecular weight is 369 g/mol. The van der Waals surface area contributed by atoms with Crippen LogP contribution in [0.4, 0.5) is 0 Å². The van der Waals surface area contributed by atoms with Gasteiger partial charge in [-0.3, -0.25) is 14.6 Å². The molecule has 0 aliphatic carbocycles. The Balaban J connectivity index is 1.75. The third-order valence-electron chi connectivity index (χ3n) is 4.66. The van der Waals surface area contributed by atoms with Gasteiger partial charge in [-0.15, -0.1) is 17.9 Å². The molecule has 0 radical (unpaired) electrons. The zero-order chi connectivity index (χ0) is 18.7. The Kier molecular flexibility index (Phi) is 5.52. The molecular formula is C20H23N3O2S. The van der Waals surface area contributed by atoms with Gasteiger partial charge in [0.2, 0.25) is 5.91 Å². The molecule has 0 unspecified atom stereocenters. The first-order valence-electron chi connectivity index (χ1n) is 8.69. The fourth-order valence-electron chi connectivity index (χ4n) is 3.23. The van der Waals surface area contributed by atoms with E-state index in [9.17, 15) is 9.59 Å². The van der Waals surface area contributed by atoms with Crippen LogP contribution in [0.2, 0.25) is 0 Å². The van der Waals surface area contributed by atoms with Gasteiger partial charge in [-0.05, 0) is 49.1 Å². The van der Waals surface area contributed by atoms with E-state index in [0.29, 0.717) is 26.1 Å². The number of nitrogens with one attached hydrogen (secondary N) is 1. The molecule has 1 aliphatic rings. The Bertz CT molecular complexity index is 857. The second-order valence-electron chi connectivity index (χ2n) is 6.48. The highest BCUT2D eigenvalue weighted by Gasteiger charge is 2.23. The normalized spacial score (nSPS) is 13.2. The summed E-state index contributed by atoms with van der Waals surface area (Å²) < 4.78 is 0. The van der Waals surface area contributed by atoms with Gasteiger partial charge in [-0.25, -0.2) is 0 Å². The molecule has 0 fully saturated rings. The summed E-state index contributed by atoms with van der Waals surface area (Å²) in [6.45, 7) is 9.30. The van der Waals surface area contributed by atoms with Gasteiger partial charge in [0.15, 0.2) is 0 Å². The Morgan fingerprint density at radius 1 is 1.38 bits per heavy atom. The predicted octanol–water partition coefficient (Wildman–Crippen LogP) is 3.15. The zero-order valence-electron chi connectivity index (χ0n) is 15.2. The number of rotatable bonds is 5. The molecular weight excluding hydrogens is 346 g/mol. The first-order valence-corrected chi connectivity index (χ1v) is 9.50. The molecule has 136 valence electrons. The lowest BCUT2D eigenvalue weighted by Gasteiger charge is -2.30. The number of hydrogen-bond donors (Lipinski definition) is 1. The lowest BCUT2D eigenvalue weighted by Crippen LogP contribution is -2.36. The number of carbonyl (C=O) groups is 2. The van der Waals surface area contributed by atoms with E-state index < -0.39 is 0 Å². The van der Waals surface area contributed by atoms with Crippen molar-refractivity contribution >= 4 is 23.2 Å². The molecule has 0 saturated carbocycles. The average Bonchev–Trinajstić information content (AvgIpc) is 3.07. The molecule has 3 rings (SSSR count). The third-order valence-corrected chi connectivity index (χ3v) is 5.66. The molecule has 1 aliphatic heterocycles. The van der Waals surface area contributed by atoms with E-state index in [4.69, 9.17) is 0 Å². The van der Waals surface area contributed by atoms with Crippen LogP contribution in [0.25, 0.3) is 0 Å². The first kappa shape index (κ1) is 18.3. The minimum absolute atomic E-state index is 0.0568. The summed E-state index contributed by atoms with van der Waals surface area (Å²) in [5, 5.41) is 3.01. The number of aryl methyl sites for hydroxylation is 2. The van der Waals surface area contributed by atoms with Gasteiger partial charge in [-0.2, -0.15) is 0 Å². The van der Waals surface area contributed by atoms with Crippen molar-refractivity contribution in [3.05, 3.63) is 63.1 Å². The summed E-state index contributed by atoms with van der Waals surface area (Å²) in [6, 6.07) is 3.80. The van der Waals surface area contributed by atoms with E-state index in [1.54, 1.807) is 6.08 Å². The maximum absolute atomic E-state index is 12.3. The summed E-state index contributed by atoms with van der Waals surface area (Å²) in [6.07, 6.45) is 4.63. The van der Waals surface area contributed by atoms with Crippen LogP contribution >= 0.6 is 11.3 Å². The van der Waals surface area contributed by atoms with Crippen molar-refractivity contribution in [2.24, 2.45) is 0 Å². The van der Waals surface area contributed by atoms with Gasteiger partial charge in [0.1, 0.15) is 0 Å². The molecule has 6 heteroatoms. The van der Waals surface area contributed by atoms with Crippen molar-refractivity contribution in [3.63, 3.8) is 0 Å². The number of hydrogen-bond acceptors (Lipinski definition) is 4. The number of thiophene rings is 1. The number of carbonyl (C=O) groups excluding carboxylic acids is 2. The van der Waals surface area contributed by atoms with Crippen molar-refractivity contribution in [2.45, 2.75) is 39.8 Å². The number of pyridine rings is 1. The molecule has 2 aromatic rings. The topological polar surface area (TPSA) is 62.3 Å². The van der Waals surface area contributed by atoms with E-state index in [1.807, 2.05) is 37.1 Å². The largest absolute Gasteiger partial charge is 0.347 e. The minimum atomic E-state index is -0.0568. The second-order valence-corrected chi connectivity index (χ2v) is 7.76. The van der Waals surface area contributed by atoms with Crippen molar-refractivity contribution < 1.29 is 9.59 Å². The fourth-order valence-corrected chi connectivity index (χ4v) is 4.02. The molecule has 0 spiro atoms. The zero-order valence-corrected chi connectivity index (χ0v) is 16.0. The van der Waals surface area contributed by atoms with Crippen LogP contribution in [0.1, 0.15) is 43.4 Å². The van der Waals surface area contributed by atoms with Gasteiger partial charge < -0.3 is 10.2 Å². The molecule has 5 nitrogen and oxygen atoms in total. The highest BCUT2D eigenvalue weighted by Crippen LogP contribution is 2.24. The number of amides is 2. The highest BCUT2D eigenvalue weighted by atomic mass is 32.1. The molecule has 1 N–H and O–H groups in total. The molecule has 2 aromatic heterocycles. The molecule has 3 heterocycles. The Morgan fingerprint density at radius 2 is 2.19 bits per heavy atom.